The normalized spacial score (nSPS) is 13.4. The van der Waals surface area contributed by atoms with Crippen LogP contribution in [0.1, 0.15) is 17.5 Å². The minimum atomic E-state index is -3.70. The van der Waals surface area contributed by atoms with Crippen LogP contribution in [-0.2, 0) is 14.8 Å². The van der Waals surface area contributed by atoms with E-state index in [0.717, 1.165) is 0 Å². The number of nitrogens with one attached hydrogen (secondary N) is 1. The topological polar surface area (TPSA) is 55.4 Å². The number of methoxy groups -OCH3 is 1. The predicted molar refractivity (Wildman–Crippen MR) is 80.3 cm³/mol. The zero-order chi connectivity index (χ0) is 15.3. The summed E-state index contributed by atoms with van der Waals surface area (Å²) in [5.41, 5.74) is 0.787. The van der Waals surface area contributed by atoms with E-state index in [4.69, 9.17) is 4.74 Å². The number of hydrogen-bond acceptors (Lipinski definition) is 3. The zero-order valence-electron chi connectivity index (χ0n) is 11.7. The molecular formula is C13H19BrFNO3S. The summed E-state index contributed by atoms with van der Waals surface area (Å²) in [4.78, 5) is 0.134. The molecule has 0 bridgehead atoms. The molecule has 0 aliphatic heterocycles. The molecule has 0 spiro atoms. The van der Waals surface area contributed by atoms with Crippen molar-refractivity contribution < 1.29 is 17.5 Å². The lowest BCUT2D eigenvalue weighted by atomic mass is 10.1. The van der Waals surface area contributed by atoms with E-state index < -0.39 is 15.8 Å². The molecule has 20 heavy (non-hydrogen) atoms. The van der Waals surface area contributed by atoms with E-state index >= 15 is 0 Å². The lowest BCUT2D eigenvalue weighted by Crippen LogP contribution is -2.38. The van der Waals surface area contributed by atoms with Crippen LogP contribution in [0.5, 0.6) is 0 Å². The molecule has 1 aromatic rings. The van der Waals surface area contributed by atoms with Gasteiger partial charge in [-0.25, -0.2) is 17.5 Å². The van der Waals surface area contributed by atoms with E-state index in [-0.39, 0.29) is 17.5 Å². The summed E-state index contributed by atoms with van der Waals surface area (Å²) in [6, 6.07) is 2.11. The Labute approximate surface area is 127 Å². The molecular weight excluding hydrogens is 349 g/mol. The summed E-state index contributed by atoms with van der Waals surface area (Å²) in [5.74, 6) is -0.437. The lowest BCUT2D eigenvalue weighted by molar-refractivity contribution is 0.173. The number of sulfonamides is 1. The van der Waals surface area contributed by atoms with Crippen molar-refractivity contribution in [3.8, 4) is 0 Å². The molecule has 7 heteroatoms. The predicted octanol–water partition coefficient (Wildman–Crippen LogP) is 2.52. The molecule has 1 N–H and O–H groups in total. The zero-order valence-corrected chi connectivity index (χ0v) is 14.1. The first kappa shape index (κ1) is 17.6. The van der Waals surface area contributed by atoms with Gasteiger partial charge in [-0.05, 0) is 43.5 Å². The van der Waals surface area contributed by atoms with Gasteiger partial charge in [0.15, 0.2) is 0 Å². The van der Waals surface area contributed by atoms with Gasteiger partial charge in [0, 0.05) is 18.5 Å². The molecule has 4 nitrogen and oxygen atoms in total. The average Bonchev–Trinajstić information content (AvgIpc) is 2.26. The summed E-state index contributed by atoms with van der Waals surface area (Å²) in [7, 11) is -2.18. The van der Waals surface area contributed by atoms with Gasteiger partial charge in [0.25, 0.3) is 0 Å². The van der Waals surface area contributed by atoms with Gasteiger partial charge in [-0.3, -0.25) is 0 Å². The highest BCUT2D eigenvalue weighted by atomic mass is 79.9. The molecule has 1 rings (SSSR count). The molecule has 1 unspecified atom stereocenters. The van der Waals surface area contributed by atoms with Gasteiger partial charge < -0.3 is 4.74 Å². The quantitative estimate of drug-likeness (QED) is 0.753. The van der Waals surface area contributed by atoms with Crippen LogP contribution in [0.25, 0.3) is 0 Å². The van der Waals surface area contributed by atoms with Gasteiger partial charge in [-0.2, -0.15) is 0 Å². The summed E-state index contributed by atoms with van der Waals surface area (Å²) in [6.07, 6.45) is 0.604. The van der Waals surface area contributed by atoms with E-state index in [1.807, 2.05) is 0 Å². The van der Waals surface area contributed by atoms with Crippen molar-refractivity contribution in [1.29, 1.82) is 0 Å². The fraction of sp³-hybridized carbons (Fsp3) is 0.538. The molecule has 0 aliphatic carbocycles. The monoisotopic (exact) mass is 367 g/mol. The third-order valence-corrected chi connectivity index (χ3v) is 5.12. The molecule has 0 aromatic heterocycles. The molecule has 0 amide bonds. The Hall–Kier alpha value is -0.500. The summed E-state index contributed by atoms with van der Waals surface area (Å²) >= 11 is 3.28. The van der Waals surface area contributed by atoms with Gasteiger partial charge >= 0.3 is 0 Å². The van der Waals surface area contributed by atoms with Crippen LogP contribution in [0.4, 0.5) is 4.39 Å². The van der Waals surface area contributed by atoms with E-state index in [1.54, 1.807) is 13.8 Å². The Bertz CT molecular complexity index is 534. The van der Waals surface area contributed by atoms with Crippen LogP contribution in [0.3, 0.4) is 0 Å². The Morgan fingerprint density at radius 3 is 2.35 bits per heavy atom. The number of halogens is 2. The van der Waals surface area contributed by atoms with E-state index in [1.165, 1.54) is 19.2 Å². The van der Waals surface area contributed by atoms with Crippen LogP contribution in [0, 0.1) is 19.7 Å². The van der Waals surface area contributed by atoms with Gasteiger partial charge in [0.2, 0.25) is 10.0 Å². The highest BCUT2D eigenvalue weighted by molar-refractivity contribution is 9.09. The Kier molecular flexibility index (Phi) is 6.57. The first-order valence-electron chi connectivity index (χ1n) is 6.15. The summed E-state index contributed by atoms with van der Waals surface area (Å²) in [6.45, 7) is 3.45. The fourth-order valence-electron chi connectivity index (χ4n) is 2.11. The second kappa shape index (κ2) is 7.49. The number of hydrogen-bond donors (Lipinski definition) is 1. The molecule has 0 saturated heterocycles. The van der Waals surface area contributed by atoms with Crippen molar-refractivity contribution in [1.82, 2.24) is 4.72 Å². The van der Waals surface area contributed by atoms with Crippen molar-refractivity contribution >= 4 is 26.0 Å². The van der Waals surface area contributed by atoms with Crippen LogP contribution >= 0.6 is 15.9 Å². The third-order valence-electron chi connectivity index (χ3n) is 2.84. The largest absolute Gasteiger partial charge is 0.383 e. The van der Waals surface area contributed by atoms with Gasteiger partial charge in [0.1, 0.15) is 5.82 Å². The molecule has 0 radical (unpaired) electrons. The molecule has 0 fully saturated rings. The van der Waals surface area contributed by atoms with Gasteiger partial charge in [0.05, 0.1) is 11.5 Å². The molecule has 114 valence electrons. The van der Waals surface area contributed by atoms with Crippen molar-refractivity contribution in [2.45, 2.75) is 31.2 Å². The second-order valence-electron chi connectivity index (χ2n) is 4.62. The van der Waals surface area contributed by atoms with Gasteiger partial charge in [-0.15, -0.1) is 0 Å². The molecule has 0 aliphatic rings. The van der Waals surface area contributed by atoms with Crippen molar-refractivity contribution in [3.63, 3.8) is 0 Å². The maximum absolute atomic E-state index is 13.3. The number of aryl methyl sites for hydroxylation is 2. The third kappa shape index (κ3) is 4.51. The highest BCUT2D eigenvalue weighted by Crippen LogP contribution is 2.21. The van der Waals surface area contributed by atoms with Crippen molar-refractivity contribution in [3.05, 3.63) is 29.1 Å². The number of ether oxygens (including phenoxy) is 1. The van der Waals surface area contributed by atoms with E-state index in [9.17, 15) is 12.8 Å². The second-order valence-corrected chi connectivity index (χ2v) is 7.06. The molecule has 1 aromatic carbocycles. The number of rotatable bonds is 7. The summed E-state index contributed by atoms with van der Waals surface area (Å²) in [5, 5.41) is 0.658. The first-order valence-corrected chi connectivity index (χ1v) is 8.76. The van der Waals surface area contributed by atoms with Crippen LogP contribution in [-0.4, -0.2) is 33.5 Å². The fourth-order valence-corrected chi connectivity index (χ4v) is 4.37. The van der Waals surface area contributed by atoms with Crippen LogP contribution in [0.2, 0.25) is 0 Å². The minimum Gasteiger partial charge on any atom is -0.383 e. The average molecular weight is 368 g/mol. The summed E-state index contributed by atoms with van der Waals surface area (Å²) < 4.78 is 45.8. The Morgan fingerprint density at radius 2 is 1.90 bits per heavy atom. The van der Waals surface area contributed by atoms with Crippen LogP contribution in [0.15, 0.2) is 17.0 Å². The minimum absolute atomic E-state index is 0.134. The van der Waals surface area contributed by atoms with E-state index in [0.29, 0.717) is 22.9 Å². The van der Waals surface area contributed by atoms with Crippen molar-refractivity contribution in [2.24, 2.45) is 0 Å². The Morgan fingerprint density at radius 1 is 1.35 bits per heavy atom. The molecule has 1 atom stereocenters. The first-order chi connectivity index (χ1) is 9.31. The Balaban J connectivity index is 3.10. The number of benzene rings is 1. The maximum atomic E-state index is 13.3. The maximum Gasteiger partial charge on any atom is 0.241 e. The smallest absolute Gasteiger partial charge is 0.241 e. The van der Waals surface area contributed by atoms with E-state index in [2.05, 4.69) is 20.7 Å². The number of alkyl halides is 1. The highest BCUT2D eigenvalue weighted by Gasteiger charge is 2.23. The standard InChI is InChI=1S/C13H19BrFNO3S/c1-9-6-11(15)7-10(2)13(9)20(17,18)16-12(4-5-14)8-19-3/h6-7,12,16H,4-5,8H2,1-3H3. The SMILES string of the molecule is COCC(CCBr)NS(=O)(=O)c1c(C)cc(F)cc1C. The van der Waals surface area contributed by atoms with Crippen molar-refractivity contribution in [2.75, 3.05) is 19.0 Å². The molecule has 0 saturated carbocycles. The molecule has 0 heterocycles. The van der Waals surface area contributed by atoms with Gasteiger partial charge in [-0.1, -0.05) is 15.9 Å². The lowest BCUT2D eigenvalue weighted by Gasteiger charge is -2.19. The van der Waals surface area contributed by atoms with Crippen LogP contribution < -0.4 is 4.72 Å².